The molecule has 0 saturated carbocycles. The highest BCUT2D eigenvalue weighted by atomic mass is 16.5. The van der Waals surface area contributed by atoms with E-state index in [1.807, 2.05) is 0 Å². The quantitative estimate of drug-likeness (QED) is 0.513. The molecular formula is C12H22N4O. The molecule has 5 nitrogen and oxygen atoms in total. The molecule has 3 saturated heterocycles. The Morgan fingerprint density at radius 1 is 1.35 bits per heavy atom. The number of rotatable bonds is 3. The summed E-state index contributed by atoms with van der Waals surface area (Å²) >= 11 is 0. The Morgan fingerprint density at radius 2 is 2.18 bits per heavy atom. The van der Waals surface area contributed by atoms with Gasteiger partial charge in [-0.15, -0.1) is 0 Å². The van der Waals surface area contributed by atoms with Crippen LogP contribution in [-0.4, -0.2) is 61.2 Å². The lowest BCUT2D eigenvalue weighted by Gasteiger charge is -2.50. The van der Waals surface area contributed by atoms with E-state index < -0.39 is 0 Å². The van der Waals surface area contributed by atoms with Gasteiger partial charge in [-0.05, 0) is 18.9 Å². The zero-order valence-electron chi connectivity index (χ0n) is 10.3. The first-order valence-electron chi connectivity index (χ1n) is 6.64. The number of hydrazine groups is 1. The number of piperazine rings is 3. The normalized spacial score (nSPS) is 38.4. The molecule has 0 spiro atoms. The molecule has 2 atom stereocenters. The van der Waals surface area contributed by atoms with Gasteiger partial charge in [0.1, 0.15) is 5.76 Å². The van der Waals surface area contributed by atoms with Gasteiger partial charge in [0, 0.05) is 38.8 Å². The zero-order chi connectivity index (χ0) is 11.7. The number of nitrogens with one attached hydrogen (secondary N) is 1. The van der Waals surface area contributed by atoms with Crippen molar-refractivity contribution in [3.63, 3.8) is 0 Å². The minimum atomic E-state index is 0.151. The number of fused-ring (bicyclic) bond motifs is 3. The molecular weight excluding hydrogens is 216 g/mol. The van der Waals surface area contributed by atoms with Crippen LogP contribution in [0.5, 0.6) is 0 Å². The second-order valence-corrected chi connectivity index (χ2v) is 5.15. The van der Waals surface area contributed by atoms with E-state index in [2.05, 4.69) is 21.3 Å². The minimum Gasteiger partial charge on any atom is -0.496 e. The summed E-state index contributed by atoms with van der Waals surface area (Å²) in [7, 11) is 0. The van der Waals surface area contributed by atoms with Crippen LogP contribution in [0.15, 0.2) is 11.8 Å². The Hall–Kier alpha value is -0.620. The second-order valence-electron chi connectivity index (χ2n) is 5.15. The summed E-state index contributed by atoms with van der Waals surface area (Å²) in [5.74, 6) is 6.80. The maximum Gasteiger partial charge on any atom is 0.112 e. The van der Waals surface area contributed by atoms with Gasteiger partial charge < -0.3 is 4.74 Å². The van der Waals surface area contributed by atoms with Crippen molar-refractivity contribution in [3.05, 3.63) is 11.8 Å². The SMILES string of the molecule is NNC(C1=CCCCO1)C1CN2CCN1CC2. The van der Waals surface area contributed by atoms with Gasteiger partial charge in [0.15, 0.2) is 0 Å². The molecule has 0 aliphatic carbocycles. The van der Waals surface area contributed by atoms with Crippen LogP contribution in [0.25, 0.3) is 0 Å². The van der Waals surface area contributed by atoms with E-state index in [1.54, 1.807) is 0 Å². The average Bonchev–Trinajstić information content (AvgIpc) is 2.42. The molecule has 0 aromatic rings. The number of allylic oxidation sites excluding steroid dienone is 1. The highest BCUT2D eigenvalue weighted by molar-refractivity contribution is 5.12. The van der Waals surface area contributed by atoms with Gasteiger partial charge >= 0.3 is 0 Å². The molecule has 0 radical (unpaired) electrons. The van der Waals surface area contributed by atoms with Gasteiger partial charge in [0.05, 0.1) is 12.6 Å². The van der Waals surface area contributed by atoms with Gasteiger partial charge in [0.2, 0.25) is 0 Å². The molecule has 2 unspecified atom stereocenters. The summed E-state index contributed by atoms with van der Waals surface area (Å²) in [5.41, 5.74) is 2.96. The van der Waals surface area contributed by atoms with E-state index in [0.29, 0.717) is 6.04 Å². The second kappa shape index (κ2) is 4.94. The summed E-state index contributed by atoms with van der Waals surface area (Å²) in [6.07, 6.45) is 4.44. The first-order chi connectivity index (χ1) is 8.38. The van der Waals surface area contributed by atoms with Crippen molar-refractivity contribution in [2.24, 2.45) is 5.84 Å². The van der Waals surface area contributed by atoms with E-state index in [-0.39, 0.29) is 6.04 Å². The molecule has 17 heavy (non-hydrogen) atoms. The van der Waals surface area contributed by atoms with Crippen molar-refractivity contribution in [1.29, 1.82) is 0 Å². The van der Waals surface area contributed by atoms with E-state index in [0.717, 1.165) is 44.8 Å². The Kier molecular flexibility index (Phi) is 3.33. The van der Waals surface area contributed by atoms with Crippen LogP contribution < -0.4 is 11.3 Å². The van der Waals surface area contributed by atoms with Crippen LogP contribution >= 0.6 is 0 Å². The maximum absolute atomic E-state index is 5.77. The molecule has 3 fully saturated rings. The largest absolute Gasteiger partial charge is 0.496 e. The molecule has 0 aromatic carbocycles. The third kappa shape index (κ3) is 2.20. The molecule has 4 rings (SSSR count). The molecule has 4 aliphatic heterocycles. The van der Waals surface area contributed by atoms with Gasteiger partial charge in [0.25, 0.3) is 0 Å². The van der Waals surface area contributed by atoms with Gasteiger partial charge in [-0.2, -0.15) is 0 Å². The molecule has 3 N–H and O–H groups in total. The Labute approximate surface area is 103 Å². The van der Waals surface area contributed by atoms with Crippen molar-refractivity contribution in [2.75, 3.05) is 39.3 Å². The summed E-state index contributed by atoms with van der Waals surface area (Å²) in [6, 6.07) is 0.616. The van der Waals surface area contributed by atoms with Crippen LogP contribution in [0.4, 0.5) is 0 Å². The lowest BCUT2D eigenvalue weighted by atomic mass is 9.97. The van der Waals surface area contributed by atoms with Crippen LogP contribution in [0.3, 0.4) is 0 Å². The Balaban J connectivity index is 1.74. The van der Waals surface area contributed by atoms with Crippen molar-refractivity contribution in [2.45, 2.75) is 24.9 Å². The highest BCUT2D eigenvalue weighted by Gasteiger charge is 2.38. The van der Waals surface area contributed by atoms with Crippen LogP contribution in [0, 0.1) is 0 Å². The molecule has 0 amide bonds. The van der Waals surface area contributed by atoms with Crippen LogP contribution in [0.1, 0.15) is 12.8 Å². The van der Waals surface area contributed by atoms with Gasteiger partial charge in [-0.25, -0.2) is 5.43 Å². The third-order valence-corrected chi connectivity index (χ3v) is 4.15. The number of hydrogen-bond acceptors (Lipinski definition) is 5. The first kappa shape index (κ1) is 11.5. The first-order valence-corrected chi connectivity index (χ1v) is 6.64. The summed E-state index contributed by atoms with van der Waals surface area (Å²) < 4.78 is 5.77. The number of nitrogens with two attached hydrogens (primary N) is 1. The van der Waals surface area contributed by atoms with Crippen LogP contribution in [-0.2, 0) is 4.74 Å². The van der Waals surface area contributed by atoms with E-state index in [4.69, 9.17) is 10.6 Å². The monoisotopic (exact) mass is 238 g/mol. The lowest BCUT2D eigenvalue weighted by Crippen LogP contribution is -2.67. The van der Waals surface area contributed by atoms with Crippen molar-refractivity contribution in [3.8, 4) is 0 Å². The van der Waals surface area contributed by atoms with Crippen molar-refractivity contribution in [1.82, 2.24) is 15.2 Å². The fourth-order valence-corrected chi connectivity index (χ4v) is 3.15. The van der Waals surface area contributed by atoms with Crippen molar-refractivity contribution < 1.29 is 4.74 Å². The summed E-state index contributed by atoms with van der Waals surface area (Å²) in [4.78, 5) is 5.07. The Morgan fingerprint density at radius 3 is 2.71 bits per heavy atom. The number of nitrogens with zero attached hydrogens (tertiary/aromatic N) is 2. The fourth-order valence-electron chi connectivity index (χ4n) is 3.15. The highest BCUT2D eigenvalue weighted by Crippen LogP contribution is 2.24. The van der Waals surface area contributed by atoms with Crippen LogP contribution in [0.2, 0.25) is 0 Å². The van der Waals surface area contributed by atoms with Crippen molar-refractivity contribution >= 4 is 0 Å². The molecule has 4 aliphatic rings. The lowest BCUT2D eigenvalue weighted by molar-refractivity contribution is -0.00825. The zero-order valence-corrected chi connectivity index (χ0v) is 10.3. The Bertz CT molecular complexity index is 299. The third-order valence-electron chi connectivity index (χ3n) is 4.15. The number of ether oxygens (including phenoxy) is 1. The topological polar surface area (TPSA) is 53.8 Å². The molecule has 2 bridgehead atoms. The van der Waals surface area contributed by atoms with E-state index >= 15 is 0 Å². The maximum atomic E-state index is 5.77. The smallest absolute Gasteiger partial charge is 0.112 e. The van der Waals surface area contributed by atoms with Gasteiger partial charge in [-0.1, -0.05) is 0 Å². The summed E-state index contributed by atoms with van der Waals surface area (Å²) in [5, 5.41) is 0. The van der Waals surface area contributed by atoms with Gasteiger partial charge in [-0.3, -0.25) is 15.6 Å². The predicted octanol–water partition coefficient (Wildman–Crippen LogP) is -0.488. The molecule has 0 aromatic heterocycles. The molecule has 5 heteroatoms. The predicted molar refractivity (Wildman–Crippen MR) is 66.2 cm³/mol. The molecule has 96 valence electrons. The van der Waals surface area contributed by atoms with E-state index in [1.165, 1.54) is 13.1 Å². The standard InChI is InChI=1S/C12H22N4O/c13-14-12(11-3-1-2-8-17-11)10-9-15-4-6-16(10)7-5-15/h3,10,12,14H,1-2,4-9,13H2. The average molecular weight is 238 g/mol. The van der Waals surface area contributed by atoms with E-state index in [9.17, 15) is 0 Å². The molecule has 4 heterocycles. The number of hydrogen-bond donors (Lipinski definition) is 2. The summed E-state index contributed by atoms with van der Waals surface area (Å²) in [6.45, 7) is 6.67. The minimum absolute atomic E-state index is 0.151. The fraction of sp³-hybridized carbons (Fsp3) is 0.833.